The minimum absolute atomic E-state index is 0.133. The van der Waals surface area contributed by atoms with E-state index in [1.165, 1.54) is 19.1 Å². The van der Waals surface area contributed by atoms with Crippen molar-refractivity contribution in [2.75, 3.05) is 6.79 Å². The number of benzene rings is 1. The molecule has 7 nitrogen and oxygen atoms in total. The summed E-state index contributed by atoms with van der Waals surface area (Å²) in [5.74, 6) is -2.69. The lowest BCUT2D eigenvalue weighted by Gasteiger charge is -2.41. The molecule has 1 aliphatic heterocycles. The van der Waals surface area contributed by atoms with Gasteiger partial charge in [0.2, 0.25) is 5.91 Å². The Morgan fingerprint density at radius 1 is 1.12 bits per heavy atom. The number of carbonyl (C=O) groups excluding carboxylic acids is 1. The summed E-state index contributed by atoms with van der Waals surface area (Å²) in [5.41, 5.74) is 0.407. The largest absolute Gasteiger partial charge is 0.388 e. The number of nitrogens with one attached hydrogen (secondary N) is 1. The quantitative estimate of drug-likeness (QED) is 0.543. The van der Waals surface area contributed by atoms with Crippen molar-refractivity contribution in [1.82, 2.24) is 5.32 Å². The Kier molecular flexibility index (Phi) is 5.35. The van der Waals surface area contributed by atoms with Crippen LogP contribution in [0.5, 0.6) is 0 Å². The van der Waals surface area contributed by atoms with Gasteiger partial charge in [-0.15, -0.1) is 0 Å². The van der Waals surface area contributed by atoms with Crippen molar-refractivity contribution < 1.29 is 38.4 Å². The zero-order valence-corrected chi connectivity index (χ0v) is 13.8. The average molecular weight is 371 g/mol. The van der Waals surface area contributed by atoms with Crippen LogP contribution in [-0.4, -0.2) is 64.6 Å². The molecule has 0 unspecified atom stereocenters. The van der Waals surface area contributed by atoms with Crippen LogP contribution in [0.15, 0.2) is 23.8 Å². The molecule has 1 aromatic carbocycles. The second kappa shape index (κ2) is 7.37. The van der Waals surface area contributed by atoms with E-state index in [4.69, 9.17) is 9.47 Å². The van der Waals surface area contributed by atoms with Crippen LogP contribution in [0.1, 0.15) is 12.5 Å². The lowest BCUT2D eigenvalue weighted by atomic mass is 9.83. The van der Waals surface area contributed by atoms with Crippen LogP contribution in [-0.2, 0) is 14.3 Å². The van der Waals surface area contributed by atoms with Crippen molar-refractivity contribution in [3.63, 3.8) is 0 Å². The topological polar surface area (TPSA) is 108 Å². The van der Waals surface area contributed by atoms with Gasteiger partial charge in [0.05, 0.1) is 6.04 Å². The number of fused-ring (bicyclic) bond motifs is 1. The lowest BCUT2D eigenvalue weighted by Crippen LogP contribution is -2.67. The molecule has 142 valence electrons. The normalized spacial score (nSPS) is 34.5. The number of halogens is 2. The van der Waals surface area contributed by atoms with Gasteiger partial charge in [-0.3, -0.25) is 4.79 Å². The van der Waals surface area contributed by atoms with Crippen LogP contribution in [0.25, 0.3) is 6.08 Å². The Labute approximate surface area is 147 Å². The first-order valence-electron chi connectivity index (χ1n) is 8.01. The Balaban J connectivity index is 1.73. The zero-order valence-electron chi connectivity index (χ0n) is 13.8. The summed E-state index contributed by atoms with van der Waals surface area (Å²) in [6.45, 7) is 1.30. The van der Waals surface area contributed by atoms with Gasteiger partial charge in [0, 0.05) is 5.57 Å². The first-order valence-corrected chi connectivity index (χ1v) is 8.01. The van der Waals surface area contributed by atoms with Crippen LogP contribution in [0.4, 0.5) is 8.78 Å². The van der Waals surface area contributed by atoms with Gasteiger partial charge in [-0.1, -0.05) is 6.07 Å². The molecule has 2 aliphatic rings. The fourth-order valence-corrected chi connectivity index (χ4v) is 3.14. The minimum atomic E-state index is -1.46. The number of aliphatic hydroxyl groups excluding tert-OH is 3. The van der Waals surface area contributed by atoms with Gasteiger partial charge in [0.25, 0.3) is 0 Å². The molecule has 0 spiro atoms. The number of amides is 1. The predicted octanol–water partition coefficient (Wildman–Crippen LogP) is -0.309. The maximum Gasteiger partial charge on any atom is 0.247 e. The molecule has 6 atom stereocenters. The molecule has 1 saturated heterocycles. The van der Waals surface area contributed by atoms with Crippen LogP contribution in [0.3, 0.4) is 0 Å². The maximum atomic E-state index is 13.2. The molecule has 0 aromatic heterocycles. The van der Waals surface area contributed by atoms with E-state index in [1.54, 1.807) is 0 Å². The molecule has 0 radical (unpaired) electrons. The van der Waals surface area contributed by atoms with E-state index in [-0.39, 0.29) is 17.9 Å². The van der Waals surface area contributed by atoms with E-state index in [1.807, 2.05) is 0 Å². The third-order valence-electron chi connectivity index (χ3n) is 4.59. The van der Waals surface area contributed by atoms with Crippen molar-refractivity contribution >= 4 is 12.0 Å². The molecular formula is C17H19F2NO6. The molecule has 1 amide bonds. The highest BCUT2D eigenvalue weighted by atomic mass is 19.2. The van der Waals surface area contributed by atoms with E-state index < -0.39 is 54.1 Å². The van der Waals surface area contributed by atoms with Crippen LogP contribution < -0.4 is 5.32 Å². The fourth-order valence-electron chi connectivity index (χ4n) is 3.14. The average Bonchev–Trinajstić information content (AvgIpc) is 3.10. The lowest BCUT2D eigenvalue weighted by molar-refractivity contribution is -0.155. The monoisotopic (exact) mass is 371 g/mol. The Hall–Kier alpha value is -1.91. The third kappa shape index (κ3) is 3.49. The molecule has 1 heterocycles. The summed E-state index contributed by atoms with van der Waals surface area (Å²) in [5, 5.41) is 33.0. The van der Waals surface area contributed by atoms with E-state index in [0.717, 1.165) is 12.1 Å². The molecular weight excluding hydrogens is 352 g/mol. The van der Waals surface area contributed by atoms with Gasteiger partial charge in [0.1, 0.15) is 37.3 Å². The number of hydrogen-bond donors (Lipinski definition) is 4. The molecule has 3 rings (SSSR count). The van der Waals surface area contributed by atoms with Crippen molar-refractivity contribution in [2.24, 2.45) is 0 Å². The standard InChI is InChI=1S/C17H19F2NO6/c1-7(4-8-2-3-9(18)10(19)5-8)17(24)20-11-12(21)14(23)16-15(13(11)22)25-6-26-16/h2-5,11-16,21-23H,6H2,1H3,(H,20,24)/b7-4+/t11-,12+,13-,14-,15+,16-/m1/s1. The summed E-state index contributed by atoms with van der Waals surface area (Å²) in [4.78, 5) is 12.3. The van der Waals surface area contributed by atoms with E-state index >= 15 is 0 Å². The summed E-state index contributed by atoms with van der Waals surface area (Å²) in [6.07, 6.45) is -4.53. The van der Waals surface area contributed by atoms with Gasteiger partial charge < -0.3 is 30.1 Å². The van der Waals surface area contributed by atoms with Gasteiger partial charge >= 0.3 is 0 Å². The van der Waals surface area contributed by atoms with Crippen LogP contribution in [0, 0.1) is 11.6 Å². The Morgan fingerprint density at radius 3 is 2.42 bits per heavy atom. The van der Waals surface area contributed by atoms with E-state index in [0.29, 0.717) is 0 Å². The predicted molar refractivity (Wildman–Crippen MR) is 84.6 cm³/mol. The van der Waals surface area contributed by atoms with Crippen molar-refractivity contribution in [1.29, 1.82) is 0 Å². The van der Waals surface area contributed by atoms with Crippen molar-refractivity contribution in [2.45, 2.75) is 43.5 Å². The molecule has 9 heteroatoms. The molecule has 26 heavy (non-hydrogen) atoms. The summed E-state index contributed by atoms with van der Waals surface area (Å²) in [7, 11) is 0. The zero-order chi connectivity index (χ0) is 19.0. The van der Waals surface area contributed by atoms with Crippen LogP contribution >= 0.6 is 0 Å². The summed E-state index contributed by atoms with van der Waals surface area (Å²) < 4.78 is 36.5. The van der Waals surface area contributed by atoms with Gasteiger partial charge in [-0.05, 0) is 30.7 Å². The Morgan fingerprint density at radius 2 is 1.77 bits per heavy atom. The van der Waals surface area contributed by atoms with Gasteiger partial charge in [-0.25, -0.2) is 8.78 Å². The third-order valence-corrected chi connectivity index (χ3v) is 4.59. The highest BCUT2D eigenvalue weighted by molar-refractivity contribution is 5.97. The molecule has 1 saturated carbocycles. The molecule has 4 N–H and O–H groups in total. The highest BCUT2D eigenvalue weighted by Gasteiger charge is 2.53. The first kappa shape index (κ1) is 18.9. The van der Waals surface area contributed by atoms with Gasteiger partial charge in [0.15, 0.2) is 11.6 Å². The Bertz CT molecular complexity index is 727. The fraction of sp³-hybridized carbons (Fsp3) is 0.471. The molecule has 2 fully saturated rings. The SMILES string of the molecule is C/C(=C\c1ccc(F)c(F)c1)C(=O)N[C@@H]1[C@H](O)[C@@H](O)[C@H]2OCO[C@H]2[C@@H]1O. The molecule has 1 aliphatic carbocycles. The number of rotatable bonds is 3. The van der Waals surface area contributed by atoms with Crippen LogP contribution in [0.2, 0.25) is 0 Å². The summed E-state index contributed by atoms with van der Waals surface area (Å²) >= 11 is 0. The smallest absolute Gasteiger partial charge is 0.247 e. The first-order chi connectivity index (χ1) is 12.3. The van der Waals surface area contributed by atoms with E-state index in [2.05, 4.69) is 5.32 Å². The molecule has 1 aromatic rings. The summed E-state index contributed by atoms with van der Waals surface area (Å²) in [6, 6.07) is 2.00. The highest BCUT2D eigenvalue weighted by Crippen LogP contribution is 2.30. The number of hydrogen-bond acceptors (Lipinski definition) is 6. The van der Waals surface area contributed by atoms with Crippen molar-refractivity contribution in [3.05, 3.63) is 41.0 Å². The number of ether oxygens (including phenoxy) is 2. The molecule has 0 bridgehead atoms. The second-order valence-electron chi connectivity index (χ2n) is 6.35. The maximum absolute atomic E-state index is 13.2. The van der Waals surface area contributed by atoms with E-state index in [9.17, 15) is 28.9 Å². The minimum Gasteiger partial charge on any atom is -0.388 e. The van der Waals surface area contributed by atoms with Gasteiger partial charge in [-0.2, -0.15) is 0 Å². The number of aliphatic hydroxyl groups is 3. The second-order valence-corrected chi connectivity index (χ2v) is 6.35. The van der Waals surface area contributed by atoms with Crippen molar-refractivity contribution in [3.8, 4) is 0 Å². The number of carbonyl (C=O) groups is 1.